The van der Waals surface area contributed by atoms with Gasteiger partial charge >= 0.3 is 0 Å². The Bertz CT molecular complexity index is 437. The molecule has 2 nitrogen and oxygen atoms in total. The van der Waals surface area contributed by atoms with Crippen molar-refractivity contribution in [1.29, 1.82) is 0 Å². The minimum absolute atomic E-state index is 0.180. The Kier molecular flexibility index (Phi) is 3.62. The van der Waals surface area contributed by atoms with Crippen LogP contribution >= 0.6 is 0 Å². The zero-order chi connectivity index (χ0) is 12.3. The van der Waals surface area contributed by atoms with Crippen LogP contribution in [0.3, 0.4) is 0 Å². The fourth-order valence-electron chi connectivity index (χ4n) is 2.24. The van der Waals surface area contributed by atoms with Crippen molar-refractivity contribution in [3.8, 4) is 0 Å². The van der Waals surface area contributed by atoms with Crippen molar-refractivity contribution >= 4 is 12.0 Å². The molecule has 0 bridgehead atoms. The van der Waals surface area contributed by atoms with E-state index in [0.29, 0.717) is 0 Å². The Balaban J connectivity index is 2.10. The average Bonchev–Trinajstić information content (AvgIpc) is 2.66. The molecule has 0 N–H and O–H groups in total. The highest BCUT2D eigenvalue weighted by Crippen LogP contribution is 2.24. The van der Waals surface area contributed by atoms with Crippen LogP contribution in [0.2, 0.25) is 0 Å². The van der Waals surface area contributed by atoms with E-state index < -0.39 is 0 Å². The van der Waals surface area contributed by atoms with Crippen molar-refractivity contribution in [1.82, 2.24) is 4.90 Å². The first-order chi connectivity index (χ1) is 8.26. The first-order valence-electron chi connectivity index (χ1n) is 6.31. The minimum Gasteiger partial charge on any atom is -0.334 e. The molecule has 0 aromatic heterocycles. The standard InChI is InChI=1S/C15H19NO/c1-3-5-6-9-16-11-13-8-7-12(4-2)10-14(13)15(16)17/h4,7-8,10H,2-3,5-6,9,11H2,1H3. The monoisotopic (exact) mass is 229 g/mol. The Morgan fingerprint density at radius 3 is 2.94 bits per heavy atom. The van der Waals surface area contributed by atoms with Gasteiger partial charge in [0.1, 0.15) is 0 Å². The average molecular weight is 229 g/mol. The molecule has 1 heterocycles. The third-order valence-electron chi connectivity index (χ3n) is 3.28. The summed E-state index contributed by atoms with van der Waals surface area (Å²) in [5, 5.41) is 0. The number of carbonyl (C=O) groups excluding carboxylic acids is 1. The number of hydrogen-bond donors (Lipinski definition) is 0. The Morgan fingerprint density at radius 2 is 2.24 bits per heavy atom. The van der Waals surface area contributed by atoms with Gasteiger partial charge < -0.3 is 4.90 Å². The maximum Gasteiger partial charge on any atom is 0.254 e. The molecule has 0 fully saturated rings. The summed E-state index contributed by atoms with van der Waals surface area (Å²) in [6, 6.07) is 6.02. The van der Waals surface area contributed by atoms with E-state index in [0.717, 1.165) is 36.2 Å². The lowest BCUT2D eigenvalue weighted by atomic mass is 10.1. The lowest BCUT2D eigenvalue weighted by Crippen LogP contribution is -2.24. The topological polar surface area (TPSA) is 20.3 Å². The van der Waals surface area contributed by atoms with Crippen molar-refractivity contribution < 1.29 is 4.79 Å². The molecule has 0 radical (unpaired) electrons. The molecule has 1 aromatic rings. The second kappa shape index (κ2) is 5.17. The fourth-order valence-corrected chi connectivity index (χ4v) is 2.24. The molecule has 0 atom stereocenters. The smallest absolute Gasteiger partial charge is 0.254 e. The molecule has 0 unspecified atom stereocenters. The summed E-state index contributed by atoms with van der Waals surface area (Å²) in [4.78, 5) is 14.1. The molecule has 1 aromatic carbocycles. The van der Waals surface area contributed by atoms with E-state index in [1.165, 1.54) is 12.8 Å². The molecule has 90 valence electrons. The molecule has 0 aliphatic carbocycles. The van der Waals surface area contributed by atoms with Crippen LogP contribution in [0.1, 0.15) is 47.7 Å². The molecular weight excluding hydrogens is 210 g/mol. The van der Waals surface area contributed by atoms with Gasteiger partial charge in [0.15, 0.2) is 0 Å². The molecule has 0 saturated carbocycles. The van der Waals surface area contributed by atoms with Gasteiger partial charge in [0.2, 0.25) is 0 Å². The van der Waals surface area contributed by atoms with Crippen molar-refractivity contribution in [3.05, 3.63) is 41.5 Å². The largest absolute Gasteiger partial charge is 0.334 e. The van der Waals surface area contributed by atoms with Crippen LogP contribution < -0.4 is 0 Å². The number of carbonyl (C=O) groups is 1. The zero-order valence-electron chi connectivity index (χ0n) is 10.4. The van der Waals surface area contributed by atoms with Gasteiger partial charge in [-0.2, -0.15) is 0 Å². The van der Waals surface area contributed by atoms with Gasteiger partial charge in [0, 0.05) is 18.7 Å². The van der Waals surface area contributed by atoms with E-state index in [-0.39, 0.29) is 5.91 Å². The van der Waals surface area contributed by atoms with Crippen LogP contribution in [0.25, 0.3) is 6.08 Å². The summed E-state index contributed by atoms with van der Waals surface area (Å²) in [7, 11) is 0. The van der Waals surface area contributed by atoms with E-state index in [2.05, 4.69) is 13.5 Å². The molecule has 0 saturated heterocycles. The number of rotatable bonds is 5. The molecule has 2 rings (SSSR count). The van der Waals surface area contributed by atoms with Crippen LogP contribution in [-0.2, 0) is 6.54 Å². The van der Waals surface area contributed by atoms with Gasteiger partial charge in [-0.15, -0.1) is 0 Å². The van der Waals surface area contributed by atoms with Crippen LogP contribution in [0.5, 0.6) is 0 Å². The molecule has 1 aliphatic heterocycles. The zero-order valence-corrected chi connectivity index (χ0v) is 10.4. The second-order valence-corrected chi connectivity index (χ2v) is 4.55. The third-order valence-corrected chi connectivity index (χ3v) is 3.28. The van der Waals surface area contributed by atoms with Crippen LogP contribution in [0.4, 0.5) is 0 Å². The summed E-state index contributed by atoms with van der Waals surface area (Å²) in [6.45, 7) is 7.57. The lowest BCUT2D eigenvalue weighted by molar-refractivity contribution is 0.0775. The summed E-state index contributed by atoms with van der Waals surface area (Å²) in [5.41, 5.74) is 3.03. The third kappa shape index (κ3) is 2.41. The number of unbranched alkanes of at least 4 members (excludes halogenated alkanes) is 2. The minimum atomic E-state index is 0.180. The van der Waals surface area contributed by atoms with E-state index in [9.17, 15) is 4.79 Å². The number of fused-ring (bicyclic) bond motifs is 1. The van der Waals surface area contributed by atoms with Crippen molar-refractivity contribution in [3.63, 3.8) is 0 Å². The number of benzene rings is 1. The number of amides is 1. The second-order valence-electron chi connectivity index (χ2n) is 4.55. The predicted octanol–water partition coefficient (Wildman–Crippen LogP) is 3.48. The first kappa shape index (κ1) is 11.9. The van der Waals surface area contributed by atoms with Gasteiger partial charge in [-0.1, -0.05) is 44.6 Å². The van der Waals surface area contributed by atoms with Crippen LogP contribution in [-0.4, -0.2) is 17.4 Å². The highest BCUT2D eigenvalue weighted by atomic mass is 16.2. The Hall–Kier alpha value is -1.57. The normalized spacial score (nSPS) is 13.9. The summed E-state index contributed by atoms with van der Waals surface area (Å²) in [6.07, 6.45) is 5.27. The summed E-state index contributed by atoms with van der Waals surface area (Å²) >= 11 is 0. The molecule has 2 heteroatoms. The van der Waals surface area contributed by atoms with E-state index in [4.69, 9.17) is 0 Å². The molecule has 17 heavy (non-hydrogen) atoms. The number of nitrogens with zero attached hydrogens (tertiary/aromatic N) is 1. The highest BCUT2D eigenvalue weighted by Gasteiger charge is 2.26. The van der Waals surface area contributed by atoms with Crippen molar-refractivity contribution in [2.45, 2.75) is 32.7 Å². The maximum atomic E-state index is 12.2. The first-order valence-corrected chi connectivity index (χ1v) is 6.31. The highest BCUT2D eigenvalue weighted by molar-refractivity contribution is 5.98. The SMILES string of the molecule is C=Cc1ccc2c(c1)C(=O)N(CCCCC)C2. The Morgan fingerprint density at radius 1 is 1.41 bits per heavy atom. The van der Waals surface area contributed by atoms with Gasteiger partial charge in [-0.25, -0.2) is 0 Å². The molecule has 0 spiro atoms. The van der Waals surface area contributed by atoms with Crippen LogP contribution in [0, 0.1) is 0 Å². The van der Waals surface area contributed by atoms with Gasteiger partial charge in [0.05, 0.1) is 0 Å². The number of hydrogen-bond acceptors (Lipinski definition) is 1. The van der Waals surface area contributed by atoms with E-state index in [1.54, 1.807) is 6.08 Å². The fraction of sp³-hybridized carbons (Fsp3) is 0.400. The van der Waals surface area contributed by atoms with Crippen molar-refractivity contribution in [2.24, 2.45) is 0 Å². The maximum absolute atomic E-state index is 12.2. The molecular formula is C15H19NO. The molecule has 1 amide bonds. The molecule has 1 aliphatic rings. The quantitative estimate of drug-likeness (QED) is 0.708. The van der Waals surface area contributed by atoms with Gasteiger partial charge in [0.25, 0.3) is 5.91 Å². The van der Waals surface area contributed by atoms with E-state index >= 15 is 0 Å². The lowest BCUT2D eigenvalue weighted by Gasteiger charge is -2.14. The van der Waals surface area contributed by atoms with Crippen molar-refractivity contribution in [2.75, 3.05) is 6.54 Å². The summed E-state index contributed by atoms with van der Waals surface area (Å²) < 4.78 is 0. The predicted molar refractivity (Wildman–Crippen MR) is 70.8 cm³/mol. The Labute approximate surface area is 103 Å². The van der Waals surface area contributed by atoms with Gasteiger partial charge in [-0.3, -0.25) is 4.79 Å². The van der Waals surface area contributed by atoms with Crippen LogP contribution in [0.15, 0.2) is 24.8 Å². The van der Waals surface area contributed by atoms with Gasteiger partial charge in [-0.05, 0) is 23.6 Å². The van der Waals surface area contributed by atoms with E-state index in [1.807, 2.05) is 23.1 Å². The summed E-state index contributed by atoms with van der Waals surface area (Å²) in [5.74, 6) is 0.180.